The highest BCUT2D eigenvalue weighted by Gasteiger charge is 2.15. The monoisotopic (exact) mass is 194 g/mol. The first-order valence-corrected chi connectivity index (χ1v) is 5.04. The normalized spacial score (nSPS) is 12.4. The molecule has 1 unspecified atom stereocenters. The SMILES string of the molecule is C/C=C/CCNC(=O)C(C#N)CCC. The van der Waals surface area contributed by atoms with Crippen LogP contribution in [0.4, 0.5) is 0 Å². The van der Waals surface area contributed by atoms with Crippen LogP contribution in [0, 0.1) is 17.2 Å². The predicted octanol–water partition coefficient (Wildman–Crippen LogP) is 2.01. The predicted molar refractivity (Wildman–Crippen MR) is 56.5 cm³/mol. The molecule has 0 radical (unpaired) electrons. The molecule has 0 bridgehead atoms. The maximum absolute atomic E-state index is 11.4. The molecule has 0 saturated carbocycles. The van der Waals surface area contributed by atoms with Gasteiger partial charge in [0, 0.05) is 6.54 Å². The molecule has 0 aliphatic rings. The van der Waals surface area contributed by atoms with Crippen LogP contribution >= 0.6 is 0 Å². The Morgan fingerprint density at radius 2 is 2.36 bits per heavy atom. The fourth-order valence-electron chi connectivity index (χ4n) is 1.11. The van der Waals surface area contributed by atoms with Gasteiger partial charge in [0.15, 0.2) is 0 Å². The summed E-state index contributed by atoms with van der Waals surface area (Å²) in [6, 6.07) is 2.01. The van der Waals surface area contributed by atoms with E-state index in [0.717, 1.165) is 12.8 Å². The number of hydrogen-bond donors (Lipinski definition) is 1. The summed E-state index contributed by atoms with van der Waals surface area (Å²) in [5.41, 5.74) is 0. The topological polar surface area (TPSA) is 52.9 Å². The van der Waals surface area contributed by atoms with Gasteiger partial charge in [-0.25, -0.2) is 0 Å². The van der Waals surface area contributed by atoms with Gasteiger partial charge >= 0.3 is 0 Å². The Balaban J connectivity index is 3.76. The summed E-state index contributed by atoms with van der Waals surface area (Å²) in [6.45, 7) is 4.53. The van der Waals surface area contributed by atoms with Crippen molar-refractivity contribution in [2.45, 2.75) is 33.1 Å². The molecule has 3 heteroatoms. The van der Waals surface area contributed by atoms with E-state index >= 15 is 0 Å². The number of nitrogens with one attached hydrogen (secondary N) is 1. The maximum atomic E-state index is 11.4. The van der Waals surface area contributed by atoms with E-state index in [9.17, 15) is 4.79 Å². The molecule has 78 valence electrons. The summed E-state index contributed by atoms with van der Waals surface area (Å²) in [6.07, 6.45) is 6.26. The largest absolute Gasteiger partial charge is 0.355 e. The van der Waals surface area contributed by atoms with E-state index in [1.165, 1.54) is 0 Å². The van der Waals surface area contributed by atoms with Crippen LogP contribution < -0.4 is 5.32 Å². The summed E-state index contributed by atoms with van der Waals surface area (Å²) in [7, 11) is 0. The van der Waals surface area contributed by atoms with Gasteiger partial charge in [-0.2, -0.15) is 5.26 Å². The van der Waals surface area contributed by atoms with Gasteiger partial charge < -0.3 is 5.32 Å². The van der Waals surface area contributed by atoms with Crippen molar-refractivity contribution < 1.29 is 4.79 Å². The lowest BCUT2D eigenvalue weighted by atomic mass is 10.1. The zero-order chi connectivity index (χ0) is 10.8. The highest BCUT2D eigenvalue weighted by Crippen LogP contribution is 2.04. The Bertz CT molecular complexity index is 228. The average molecular weight is 194 g/mol. The van der Waals surface area contributed by atoms with Crippen LogP contribution in [-0.2, 0) is 4.79 Å². The van der Waals surface area contributed by atoms with Crippen LogP contribution in [0.3, 0.4) is 0 Å². The summed E-state index contributed by atoms with van der Waals surface area (Å²) in [5, 5.41) is 11.4. The minimum Gasteiger partial charge on any atom is -0.355 e. The first kappa shape index (κ1) is 12.7. The molecule has 1 N–H and O–H groups in total. The van der Waals surface area contributed by atoms with Gasteiger partial charge in [-0.1, -0.05) is 25.5 Å². The molecule has 0 aliphatic carbocycles. The van der Waals surface area contributed by atoms with Gasteiger partial charge in [-0.05, 0) is 19.8 Å². The second-order valence-electron chi connectivity index (χ2n) is 3.12. The maximum Gasteiger partial charge on any atom is 0.237 e. The molecular formula is C11H18N2O. The molecule has 0 aromatic heterocycles. The van der Waals surface area contributed by atoms with Gasteiger partial charge in [0.1, 0.15) is 5.92 Å². The minimum atomic E-state index is -0.481. The van der Waals surface area contributed by atoms with E-state index in [-0.39, 0.29) is 5.91 Å². The van der Waals surface area contributed by atoms with Crippen molar-refractivity contribution in [1.82, 2.24) is 5.32 Å². The molecule has 1 amide bonds. The third-order valence-corrected chi connectivity index (χ3v) is 1.90. The van der Waals surface area contributed by atoms with Gasteiger partial charge in [0.2, 0.25) is 5.91 Å². The number of carbonyl (C=O) groups excluding carboxylic acids is 1. The van der Waals surface area contributed by atoms with Crippen molar-refractivity contribution >= 4 is 5.91 Å². The van der Waals surface area contributed by atoms with E-state index in [2.05, 4.69) is 5.32 Å². The molecule has 0 spiro atoms. The van der Waals surface area contributed by atoms with Crippen molar-refractivity contribution in [2.75, 3.05) is 6.54 Å². The van der Waals surface area contributed by atoms with Gasteiger partial charge in [0.25, 0.3) is 0 Å². The van der Waals surface area contributed by atoms with Gasteiger partial charge in [-0.15, -0.1) is 0 Å². The number of nitriles is 1. The van der Waals surface area contributed by atoms with Crippen LogP contribution in [0.25, 0.3) is 0 Å². The second kappa shape index (κ2) is 8.31. The molecule has 1 atom stereocenters. The summed E-state index contributed by atoms with van der Waals surface area (Å²) in [5.74, 6) is -0.621. The molecular weight excluding hydrogens is 176 g/mol. The zero-order valence-corrected chi connectivity index (χ0v) is 8.92. The molecule has 0 aliphatic heterocycles. The Morgan fingerprint density at radius 3 is 2.86 bits per heavy atom. The van der Waals surface area contributed by atoms with Crippen molar-refractivity contribution in [3.05, 3.63) is 12.2 Å². The van der Waals surface area contributed by atoms with E-state index in [1.54, 1.807) is 0 Å². The molecule has 0 heterocycles. The number of amides is 1. The molecule has 0 fully saturated rings. The van der Waals surface area contributed by atoms with E-state index < -0.39 is 5.92 Å². The quantitative estimate of drug-likeness (QED) is 0.519. The first-order chi connectivity index (χ1) is 6.76. The van der Waals surface area contributed by atoms with Crippen LogP contribution in [0.1, 0.15) is 33.1 Å². The van der Waals surface area contributed by atoms with Gasteiger partial charge in [0.05, 0.1) is 6.07 Å². The highest BCUT2D eigenvalue weighted by molar-refractivity contribution is 5.80. The fourth-order valence-corrected chi connectivity index (χ4v) is 1.11. The van der Waals surface area contributed by atoms with Crippen molar-refractivity contribution in [1.29, 1.82) is 5.26 Å². The third kappa shape index (κ3) is 5.36. The third-order valence-electron chi connectivity index (χ3n) is 1.90. The Morgan fingerprint density at radius 1 is 1.64 bits per heavy atom. The van der Waals surface area contributed by atoms with Crippen LogP contribution in [0.5, 0.6) is 0 Å². The lowest BCUT2D eigenvalue weighted by Gasteiger charge is -2.07. The number of allylic oxidation sites excluding steroid dienone is 1. The van der Waals surface area contributed by atoms with Crippen molar-refractivity contribution in [3.8, 4) is 6.07 Å². The van der Waals surface area contributed by atoms with Crippen LogP contribution in [0.2, 0.25) is 0 Å². The number of rotatable bonds is 6. The molecule has 0 saturated heterocycles. The lowest BCUT2D eigenvalue weighted by molar-refractivity contribution is -0.123. The Kier molecular flexibility index (Phi) is 7.53. The molecule has 3 nitrogen and oxygen atoms in total. The van der Waals surface area contributed by atoms with Gasteiger partial charge in [-0.3, -0.25) is 4.79 Å². The number of nitrogens with zero attached hydrogens (tertiary/aromatic N) is 1. The standard InChI is InChI=1S/C11H18N2O/c1-3-5-6-8-13-11(14)10(9-12)7-4-2/h3,5,10H,4,6-8H2,1-2H3,(H,13,14)/b5-3+. The van der Waals surface area contributed by atoms with Crippen LogP contribution in [0.15, 0.2) is 12.2 Å². The summed E-state index contributed by atoms with van der Waals surface area (Å²) < 4.78 is 0. The smallest absolute Gasteiger partial charge is 0.237 e. The van der Waals surface area contributed by atoms with Crippen LogP contribution in [-0.4, -0.2) is 12.5 Å². The van der Waals surface area contributed by atoms with E-state index in [4.69, 9.17) is 5.26 Å². The second-order valence-corrected chi connectivity index (χ2v) is 3.12. The molecule has 0 rings (SSSR count). The highest BCUT2D eigenvalue weighted by atomic mass is 16.1. The lowest BCUT2D eigenvalue weighted by Crippen LogP contribution is -2.30. The minimum absolute atomic E-state index is 0.140. The molecule has 0 aromatic carbocycles. The fraction of sp³-hybridized carbons (Fsp3) is 0.636. The molecule has 14 heavy (non-hydrogen) atoms. The number of carbonyl (C=O) groups is 1. The van der Waals surface area contributed by atoms with E-state index in [0.29, 0.717) is 13.0 Å². The van der Waals surface area contributed by atoms with E-state index in [1.807, 2.05) is 32.1 Å². The van der Waals surface area contributed by atoms with Crippen molar-refractivity contribution in [2.24, 2.45) is 5.92 Å². The molecule has 0 aromatic rings. The summed E-state index contributed by atoms with van der Waals surface area (Å²) >= 11 is 0. The Hall–Kier alpha value is -1.30. The Labute approximate surface area is 85.8 Å². The van der Waals surface area contributed by atoms with Crippen molar-refractivity contribution in [3.63, 3.8) is 0 Å². The number of hydrogen-bond acceptors (Lipinski definition) is 2. The summed E-state index contributed by atoms with van der Waals surface area (Å²) in [4.78, 5) is 11.4. The zero-order valence-electron chi connectivity index (χ0n) is 8.92. The first-order valence-electron chi connectivity index (χ1n) is 5.04. The average Bonchev–Trinajstić information content (AvgIpc) is 2.20.